The summed E-state index contributed by atoms with van der Waals surface area (Å²) in [7, 11) is 0. The maximum atomic E-state index is 12.8. The Hall–Kier alpha value is -1.53. The summed E-state index contributed by atoms with van der Waals surface area (Å²) in [5.74, 6) is -0.517. The summed E-state index contributed by atoms with van der Waals surface area (Å²) in [6.07, 6.45) is 0.951. The SMILES string of the molecule is CCOCC1CCN(C(=O)c2ccccc2SC(C)C(=O)O)C1. The molecule has 1 amide bonds. The van der Waals surface area contributed by atoms with Crippen molar-refractivity contribution in [3.63, 3.8) is 0 Å². The Bertz CT molecular complexity index is 563. The van der Waals surface area contributed by atoms with Crippen molar-refractivity contribution in [3.8, 4) is 0 Å². The molecule has 23 heavy (non-hydrogen) atoms. The molecule has 0 saturated carbocycles. The highest BCUT2D eigenvalue weighted by Gasteiger charge is 2.28. The lowest BCUT2D eigenvalue weighted by molar-refractivity contribution is -0.136. The zero-order valence-electron chi connectivity index (χ0n) is 13.5. The summed E-state index contributed by atoms with van der Waals surface area (Å²) in [5, 5.41) is 8.48. The standard InChI is InChI=1S/C17H23NO4S/c1-3-22-11-13-8-9-18(10-13)16(19)14-6-4-5-7-15(14)23-12(2)17(20)21/h4-7,12-13H,3,8-11H2,1-2H3,(H,20,21). The molecule has 0 bridgehead atoms. The lowest BCUT2D eigenvalue weighted by atomic mass is 10.1. The molecule has 0 aliphatic carbocycles. The van der Waals surface area contributed by atoms with Crippen LogP contribution in [-0.2, 0) is 9.53 Å². The molecular weight excluding hydrogens is 314 g/mol. The van der Waals surface area contributed by atoms with Crippen LogP contribution in [0, 0.1) is 5.92 Å². The van der Waals surface area contributed by atoms with E-state index in [1.54, 1.807) is 13.0 Å². The second-order valence-corrected chi connectivity index (χ2v) is 7.04. The van der Waals surface area contributed by atoms with Crippen LogP contribution in [-0.4, -0.2) is 53.4 Å². The van der Waals surface area contributed by atoms with Crippen molar-refractivity contribution in [2.24, 2.45) is 5.92 Å². The molecule has 0 spiro atoms. The third-order valence-electron chi connectivity index (χ3n) is 3.90. The van der Waals surface area contributed by atoms with Crippen molar-refractivity contribution >= 4 is 23.6 Å². The van der Waals surface area contributed by atoms with Gasteiger partial charge in [0.05, 0.1) is 12.2 Å². The van der Waals surface area contributed by atoms with Gasteiger partial charge >= 0.3 is 5.97 Å². The Morgan fingerprint density at radius 1 is 1.43 bits per heavy atom. The molecule has 1 heterocycles. The Balaban J connectivity index is 2.06. The van der Waals surface area contributed by atoms with E-state index in [1.807, 2.05) is 30.0 Å². The number of benzene rings is 1. The van der Waals surface area contributed by atoms with Gasteiger partial charge in [0, 0.05) is 30.5 Å². The summed E-state index contributed by atoms with van der Waals surface area (Å²) < 4.78 is 5.45. The molecule has 1 aliphatic rings. The molecule has 6 heteroatoms. The smallest absolute Gasteiger partial charge is 0.316 e. The number of carbonyl (C=O) groups is 2. The number of carboxylic acid groups (broad SMARTS) is 1. The predicted molar refractivity (Wildman–Crippen MR) is 89.9 cm³/mol. The van der Waals surface area contributed by atoms with Gasteiger partial charge in [-0.2, -0.15) is 0 Å². The highest BCUT2D eigenvalue weighted by atomic mass is 32.2. The van der Waals surface area contributed by atoms with E-state index in [-0.39, 0.29) is 5.91 Å². The maximum absolute atomic E-state index is 12.8. The Morgan fingerprint density at radius 2 is 2.17 bits per heavy atom. The van der Waals surface area contributed by atoms with Gasteiger partial charge in [-0.25, -0.2) is 0 Å². The number of hydrogen-bond donors (Lipinski definition) is 1. The van der Waals surface area contributed by atoms with Crippen LogP contribution >= 0.6 is 11.8 Å². The van der Waals surface area contributed by atoms with Crippen molar-refractivity contribution < 1.29 is 19.4 Å². The number of carbonyl (C=O) groups excluding carboxylic acids is 1. The summed E-state index contributed by atoms with van der Waals surface area (Å²) in [4.78, 5) is 26.4. The quantitative estimate of drug-likeness (QED) is 0.775. The van der Waals surface area contributed by atoms with E-state index < -0.39 is 11.2 Å². The second-order valence-electron chi connectivity index (χ2n) is 5.66. The molecule has 1 fully saturated rings. The van der Waals surface area contributed by atoms with Gasteiger partial charge in [-0.05, 0) is 32.4 Å². The molecule has 1 aliphatic heterocycles. The van der Waals surface area contributed by atoms with Crippen LogP contribution in [0.2, 0.25) is 0 Å². The van der Waals surface area contributed by atoms with E-state index in [2.05, 4.69) is 0 Å². The normalized spacial score (nSPS) is 18.9. The van der Waals surface area contributed by atoms with Crippen molar-refractivity contribution in [2.75, 3.05) is 26.3 Å². The van der Waals surface area contributed by atoms with Crippen LogP contribution in [0.5, 0.6) is 0 Å². The maximum Gasteiger partial charge on any atom is 0.316 e. The first-order valence-electron chi connectivity index (χ1n) is 7.88. The van der Waals surface area contributed by atoms with Crippen molar-refractivity contribution in [2.45, 2.75) is 30.4 Å². The first kappa shape index (κ1) is 17.8. The van der Waals surface area contributed by atoms with Crippen molar-refractivity contribution in [1.82, 2.24) is 4.90 Å². The fraction of sp³-hybridized carbons (Fsp3) is 0.529. The van der Waals surface area contributed by atoms with Crippen LogP contribution in [0.25, 0.3) is 0 Å². The van der Waals surface area contributed by atoms with E-state index in [0.29, 0.717) is 31.2 Å². The molecule has 1 aromatic rings. The van der Waals surface area contributed by atoms with Gasteiger partial charge in [0.2, 0.25) is 0 Å². The minimum Gasteiger partial charge on any atom is -0.480 e. The number of aliphatic carboxylic acids is 1. The Labute approximate surface area is 141 Å². The molecule has 1 N–H and O–H groups in total. The van der Waals surface area contributed by atoms with E-state index in [1.165, 1.54) is 11.8 Å². The summed E-state index contributed by atoms with van der Waals surface area (Å²) in [6.45, 7) is 6.40. The first-order chi connectivity index (χ1) is 11.0. The monoisotopic (exact) mass is 337 g/mol. The lowest BCUT2D eigenvalue weighted by Crippen LogP contribution is -2.30. The predicted octanol–water partition coefficient (Wildman–Crippen LogP) is 2.75. The fourth-order valence-corrected chi connectivity index (χ4v) is 3.52. The Morgan fingerprint density at radius 3 is 2.87 bits per heavy atom. The minimum atomic E-state index is -0.879. The molecule has 0 radical (unpaired) electrons. The Kier molecular flexibility index (Phi) is 6.47. The lowest BCUT2D eigenvalue weighted by Gasteiger charge is -2.19. The van der Waals surface area contributed by atoms with Gasteiger partial charge in [0.15, 0.2) is 0 Å². The average Bonchev–Trinajstić information content (AvgIpc) is 3.01. The molecule has 1 saturated heterocycles. The fourth-order valence-electron chi connectivity index (χ4n) is 2.59. The number of ether oxygens (including phenoxy) is 1. The number of hydrogen-bond acceptors (Lipinski definition) is 4. The molecule has 2 atom stereocenters. The highest BCUT2D eigenvalue weighted by molar-refractivity contribution is 8.00. The first-order valence-corrected chi connectivity index (χ1v) is 8.76. The van der Waals surface area contributed by atoms with Crippen LogP contribution in [0.4, 0.5) is 0 Å². The van der Waals surface area contributed by atoms with E-state index >= 15 is 0 Å². The molecule has 5 nitrogen and oxygen atoms in total. The molecule has 1 aromatic carbocycles. The van der Waals surface area contributed by atoms with E-state index in [4.69, 9.17) is 9.84 Å². The molecular formula is C17H23NO4S. The number of thioether (sulfide) groups is 1. The van der Waals surface area contributed by atoms with E-state index in [9.17, 15) is 9.59 Å². The van der Waals surface area contributed by atoms with Gasteiger partial charge in [0.1, 0.15) is 5.25 Å². The second kappa shape index (κ2) is 8.36. The van der Waals surface area contributed by atoms with Crippen LogP contribution in [0.3, 0.4) is 0 Å². The largest absolute Gasteiger partial charge is 0.480 e. The van der Waals surface area contributed by atoms with Gasteiger partial charge < -0.3 is 14.7 Å². The third kappa shape index (κ3) is 4.72. The average molecular weight is 337 g/mol. The van der Waals surface area contributed by atoms with Gasteiger partial charge in [-0.3, -0.25) is 9.59 Å². The van der Waals surface area contributed by atoms with Gasteiger partial charge in [-0.1, -0.05) is 12.1 Å². The number of rotatable bonds is 7. The zero-order chi connectivity index (χ0) is 16.8. The minimum absolute atomic E-state index is 0.0234. The summed E-state index contributed by atoms with van der Waals surface area (Å²) >= 11 is 1.21. The zero-order valence-corrected chi connectivity index (χ0v) is 14.3. The third-order valence-corrected chi connectivity index (χ3v) is 5.06. The molecule has 2 rings (SSSR count). The van der Waals surface area contributed by atoms with Crippen molar-refractivity contribution in [3.05, 3.63) is 29.8 Å². The van der Waals surface area contributed by atoms with E-state index in [0.717, 1.165) is 17.9 Å². The molecule has 0 aromatic heterocycles. The number of amides is 1. The summed E-state index contributed by atoms with van der Waals surface area (Å²) in [6, 6.07) is 7.23. The van der Waals surface area contributed by atoms with Gasteiger partial charge in [-0.15, -0.1) is 11.8 Å². The number of nitrogens with zero attached hydrogens (tertiary/aromatic N) is 1. The molecule has 2 unspecified atom stereocenters. The van der Waals surface area contributed by atoms with Crippen LogP contribution in [0.1, 0.15) is 30.6 Å². The van der Waals surface area contributed by atoms with Crippen LogP contribution < -0.4 is 0 Å². The number of likely N-dealkylation sites (tertiary alicyclic amines) is 1. The summed E-state index contributed by atoms with van der Waals surface area (Å²) in [5.41, 5.74) is 0.586. The highest BCUT2D eigenvalue weighted by Crippen LogP contribution is 2.29. The topological polar surface area (TPSA) is 66.8 Å². The number of carboxylic acids is 1. The van der Waals surface area contributed by atoms with Gasteiger partial charge in [0.25, 0.3) is 5.91 Å². The molecule has 126 valence electrons. The van der Waals surface area contributed by atoms with Crippen LogP contribution in [0.15, 0.2) is 29.2 Å². The van der Waals surface area contributed by atoms with Crippen molar-refractivity contribution in [1.29, 1.82) is 0 Å².